The lowest BCUT2D eigenvalue weighted by atomic mass is 9.98. The predicted octanol–water partition coefficient (Wildman–Crippen LogP) is 1.88. The molecule has 0 aromatic carbocycles. The van der Waals surface area contributed by atoms with Gasteiger partial charge in [-0.25, -0.2) is 9.68 Å². The van der Waals surface area contributed by atoms with E-state index in [0.29, 0.717) is 0 Å². The highest BCUT2D eigenvalue weighted by atomic mass is 17.5. The summed E-state index contributed by atoms with van der Waals surface area (Å²) in [5.74, 6) is 0. The maximum Gasteiger partial charge on any atom is 0.540 e. The Morgan fingerprint density at radius 1 is 1.25 bits per heavy atom. The quantitative estimate of drug-likeness (QED) is 0.525. The molecule has 0 atom stereocenters. The normalized spacial score (nSPS) is 19.0. The molecule has 5 heteroatoms. The number of rotatable bonds is 3. The molecule has 0 unspecified atom stereocenters. The predicted molar refractivity (Wildman–Crippen MR) is 38.2 cm³/mol. The van der Waals surface area contributed by atoms with Gasteiger partial charge in [0.2, 0.25) is 0 Å². The second-order valence-electron chi connectivity index (χ2n) is 2.77. The molecule has 0 amide bonds. The van der Waals surface area contributed by atoms with E-state index in [4.69, 9.17) is 9.99 Å². The van der Waals surface area contributed by atoms with E-state index < -0.39 is 6.16 Å². The van der Waals surface area contributed by atoms with Crippen LogP contribution in [0.3, 0.4) is 0 Å². The fourth-order valence-electron chi connectivity index (χ4n) is 1.27. The van der Waals surface area contributed by atoms with Crippen LogP contribution in [-0.4, -0.2) is 17.4 Å². The molecular formula is C7H12O5. The van der Waals surface area contributed by atoms with Gasteiger partial charge in [-0.1, -0.05) is 19.3 Å². The Bertz CT molecular complexity index is 141. The van der Waals surface area contributed by atoms with Crippen molar-refractivity contribution in [2.45, 2.75) is 38.2 Å². The van der Waals surface area contributed by atoms with E-state index >= 15 is 0 Å². The summed E-state index contributed by atoms with van der Waals surface area (Å²) in [6.45, 7) is 0. The van der Waals surface area contributed by atoms with E-state index in [1.54, 1.807) is 0 Å². The molecule has 1 N–H and O–H groups in total. The highest BCUT2D eigenvalue weighted by Crippen LogP contribution is 2.20. The van der Waals surface area contributed by atoms with Crippen molar-refractivity contribution >= 4 is 6.16 Å². The first-order valence-corrected chi connectivity index (χ1v) is 4.02. The Hall–Kier alpha value is -0.810. The van der Waals surface area contributed by atoms with Crippen molar-refractivity contribution < 1.29 is 24.7 Å². The molecule has 0 radical (unpaired) electrons. The van der Waals surface area contributed by atoms with E-state index in [2.05, 4.69) is 9.93 Å². The minimum absolute atomic E-state index is 0.0156. The van der Waals surface area contributed by atoms with Gasteiger partial charge in [0.05, 0.1) is 6.10 Å². The zero-order valence-corrected chi connectivity index (χ0v) is 6.69. The number of hydrogen-bond acceptors (Lipinski definition) is 4. The first-order valence-electron chi connectivity index (χ1n) is 4.02. The van der Waals surface area contributed by atoms with E-state index in [-0.39, 0.29) is 6.10 Å². The summed E-state index contributed by atoms with van der Waals surface area (Å²) in [5.41, 5.74) is 0. The fourth-order valence-corrected chi connectivity index (χ4v) is 1.27. The van der Waals surface area contributed by atoms with E-state index in [1.165, 1.54) is 6.42 Å². The standard InChI is InChI=1S/C7H12O5/c8-7(9)11-12-10-6-4-2-1-3-5-6/h6H,1-5H2,(H,8,9). The van der Waals surface area contributed by atoms with Crippen LogP contribution < -0.4 is 0 Å². The summed E-state index contributed by atoms with van der Waals surface area (Å²) in [4.78, 5) is 18.2. The van der Waals surface area contributed by atoms with Crippen molar-refractivity contribution in [2.24, 2.45) is 0 Å². The molecule has 0 spiro atoms. The molecule has 0 aromatic heterocycles. The van der Waals surface area contributed by atoms with Crippen LogP contribution in [0.4, 0.5) is 4.79 Å². The van der Waals surface area contributed by atoms with Gasteiger partial charge in [-0.2, -0.15) is 4.89 Å². The zero-order chi connectivity index (χ0) is 8.81. The van der Waals surface area contributed by atoms with E-state index in [1.807, 2.05) is 0 Å². The Morgan fingerprint density at radius 3 is 2.50 bits per heavy atom. The molecule has 1 saturated carbocycles. The molecule has 70 valence electrons. The van der Waals surface area contributed by atoms with Crippen LogP contribution in [0, 0.1) is 0 Å². The first kappa shape index (κ1) is 9.28. The van der Waals surface area contributed by atoms with Gasteiger partial charge in [0.25, 0.3) is 0 Å². The van der Waals surface area contributed by atoms with Crippen molar-refractivity contribution in [1.29, 1.82) is 0 Å². The summed E-state index contributed by atoms with van der Waals surface area (Å²) in [5, 5.41) is 12.1. The molecule has 1 rings (SSSR count). The van der Waals surface area contributed by atoms with Crippen molar-refractivity contribution in [3.63, 3.8) is 0 Å². The van der Waals surface area contributed by atoms with E-state index in [0.717, 1.165) is 25.7 Å². The molecule has 1 aliphatic carbocycles. The maximum absolute atomic E-state index is 9.81. The Kier molecular flexibility index (Phi) is 3.83. The topological polar surface area (TPSA) is 65.0 Å². The summed E-state index contributed by atoms with van der Waals surface area (Å²) in [6.07, 6.45) is 3.71. The fraction of sp³-hybridized carbons (Fsp3) is 0.857. The van der Waals surface area contributed by atoms with Gasteiger partial charge in [0.15, 0.2) is 0 Å². The number of carboxylic acid groups (broad SMARTS) is 1. The van der Waals surface area contributed by atoms with Gasteiger partial charge in [0, 0.05) is 0 Å². The SMILES string of the molecule is O=C(O)OOOC1CCCCC1. The average Bonchev–Trinajstić information content (AvgIpc) is 2.05. The lowest BCUT2D eigenvalue weighted by Crippen LogP contribution is -2.17. The smallest absolute Gasteiger partial charge is 0.448 e. The van der Waals surface area contributed by atoms with Crippen LogP contribution >= 0.6 is 0 Å². The summed E-state index contributed by atoms with van der Waals surface area (Å²) in [7, 11) is 0. The van der Waals surface area contributed by atoms with Crippen molar-refractivity contribution in [1.82, 2.24) is 0 Å². The molecule has 0 heterocycles. The highest BCUT2D eigenvalue weighted by molar-refractivity contribution is 5.55. The molecule has 1 aliphatic rings. The van der Waals surface area contributed by atoms with Crippen LogP contribution in [0.15, 0.2) is 0 Å². The molecule has 0 aliphatic heterocycles. The minimum atomic E-state index is -1.49. The molecule has 0 aromatic rings. The molecule has 0 saturated heterocycles. The van der Waals surface area contributed by atoms with Crippen molar-refractivity contribution in [3.8, 4) is 0 Å². The molecule has 12 heavy (non-hydrogen) atoms. The zero-order valence-electron chi connectivity index (χ0n) is 6.69. The Labute approximate surface area is 70.1 Å². The van der Waals surface area contributed by atoms with Crippen molar-refractivity contribution in [3.05, 3.63) is 0 Å². The summed E-state index contributed by atoms with van der Waals surface area (Å²) in [6, 6.07) is 0. The van der Waals surface area contributed by atoms with Gasteiger partial charge < -0.3 is 5.11 Å². The summed E-state index contributed by atoms with van der Waals surface area (Å²) < 4.78 is 0. The van der Waals surface area contributed by atoms with E-state index in [9.17, 15) is 4.79 Å². The summed E-state index contributed by atoms with van der Waals surface area (Å²) >= 11 is 0. The third-order valence-corrected chi connectivity index (χ3v) is 1.83. The Morgan fingerprint density at radius 2 is 1.92 bits per heavy atom. The lowest BCUT2D eigenvalue weighted by molar-refractivity contribution is -0.502. The highest BCUT2D eigenvalue weighted by Gasteiger charge is 2.15. The van der Waals surface area contributed by atoms with Gasteiger partial charge in [-0.3, -0.25) is 0 Å². The Balaban J connectivity index is 2.01. The van der Waals surface area contributed by atoms with Crippen LogP contribution in [0.25, 0.3) is 0 Å². The van der Waals surface area contributed by atoms with Crippen molar-refractivity contribution in [2.75, 3.05) is 0 Å². The van der Waals surface area contributed by atoms with Gasteiger partial charge in [-0.15, -0.1) is 0 Å². The van der Waals surface area contributed by atoms with Crippen LogP contribution in [0.2, 0.25) is 0 Å². The van der Waals surface area contributed by atoms with Crippen LogP contribution in [0.5, 0.6) is 0 Å². The molecule has 1 fully saturated rings. The second kappa shape index (κ2) is 4.95. The molecular weight excluding hydrogens is 164 g/mol. The lowest BCUT2D eigenvalue weighted by Gasteiger charge is -2.18. The monoisotopic (exact) mass is 176 g/mol. The number of hydrogen-bond donors (Lipinski definition) is 1. The number of carbonyl (C=O) groups is 1. The van der Waals surface area contributed by atoms with Gasteiger partial charge in [-0.05, 0) is 17.9 Å². The maximum atomic E-state index is 9.81. The minimum Gasteiger partial charge on any atom is -0.448 e. The van der Waals surface area contributed by atoms with Crippen LogP contribution in [0.1, 0.15) is 32.1 Å². The average molecular weight is 176 g/mol. The molecule has 5 nitrogen and oxygen atoms in total. The second-order valence-corrected chi connectivity index (χ2v) is 2.77. The first-order chi connectivity index (χ1) is 5.79. The largest absolute Gasteiger partial charge is 0.540 e. The van der Waals surface area contributed by atoms with Gasteiger partial charge >= 0.3 is 6.16 Å². The third-order valence-electron chi connectivity index (χ3n) is 1.83. The van der Waals surface area contributed by atoms with Gasteiger partial charge in [0.1, 0.15) is 0 Å². The third kappa shape index (κ3) is 3.54. The molecule has 0 bridgehead atoms. The van der Waals surface area contributed by atoms with Crippen LogP contribution in [-0.2, 0) is 14.8 Å².